The average Bonchev–Trinajstić information content (AvgIpc) is 2.68. The Morgan fingerprint density at radius 2 is 2.00 bits per heavy atom. The molecule has 2 aliphatic carbocycles. The van der Waals surface area contributed by atoms with Gasteiger partial charge in [0.05, 0.1) is 11.7 Å². The lowest BCUT2D eigenvalue weighted by atomic mass is 9.69. The Morgan fingerprint density at radius 1 is 1.23 bits per heavy atom. The van der Waals surface area contributed by atoms with E-state index in [1.165, 1.54) is 5.57 Å². The first-order chi connectivity index (χ1) is 10.6. The highest BCUT2D eigenvalue weighted by atomic mass is 16.5. The van der Waals surface area contributed by atoms with Crippen molar-refractivity contribution in [2.45, 2.75) is 57.7 Å². The highest BCUT2D eigenvalue weighted by Crippen LogP contribution is 2.47. The van der Waals surface area contributed by atoms with E-state index in [2.05, 4.69) is 6.92 Å². The fourth-order valence-electron chi connectivity index (χ4n) is 3.78. The van der Waals surface area contributed by atoms with Crippen molar-refractivity contribution in [1.82, 2.24) is 0 Å². The monoisotopic (exact) mass is 300 g/mol. The van der Waals surface area contributed by atoms with Crippen molar-refractivity contribution in [3.05, 3.63) is 47.5 Å². The Balaban J connectivity index is 1.82. The van der Waals surface area contributed by atoms with Gasteiger partial charge in [0, 0.05) is 5.41 Å². The van der Waals surface area contributed by atoms with Gasteiger partial charge in [-0.3, -0.25) is 0 Å². The Kier molecular flexibility index (Phi) is 4.34. The molecule has 0 aliphatic heterocycles. The van der Waals surface area contributed by atoms with Crippen molar-refractivity contribution >= 4 is 5.97 Å². The van der Waals surface area contributed by atoms with Gasteiger partial charge in [0.15, 0.2) is 0 Å². The number of benzene rings is 1. The van der Waals surface area contributed by atoms with E-state index >= 15 is 0 Å². The smallest absolute Gasteiger partial charge is 0.338 e. The van der Waals surface area contributed by atoms with Gasteiger partial charge in [0.2, 0.25) is 0 Å². The zero-order valence-corrected chi connectivity index (χ0v) is 13.1. The molecular formula is C19H24O3. The van der Waals surface area contributed by atoms with Crippen LogP contribution in [0.5, 0.6) is 0 Å². The fraction of sp³-hybridized carbons (Fsp3) is 0.526. The summed E-state index contributed by atoms with van der Waals surface area (Å²) in [6.45, 7) is 2.19. The first kappa shape index (κ1) is 15.3. The predicted octanol–water partition coefficient (Wildman–Crippen LogP) is 3.87. The van der Waals surface area contributed by atoms with E-state index in [1.807, 2.05) is 24.3 Å². The molecule has 0 aromatic heterocycles. The number of ether oxygens (including phenoxy) is 1. The number of hydrogen-bond donors (Lipinski definition) is 1. The van der Waals surface area contributed by atoms with E-state index in [0.717, 1.165) is 38.5 Å². The lowest BCUT2D eigenvalue weighted by Gasteiger charge is -2.41. The van der Waals surface area contributed by atoms with Crippen LogP contribution >= 0.6 is 0 Å². The van der Waals surface area contributed by atoms with E-state index in [-0.39, 0.29) is 23.6 Å². The summed E-state index contributed by atoms with van der Waals surface area (Å²) in [6.07, 6.45) is 7.27. The first-order valence-corrected chi connectivity index (χ1v) is 8.25. The van der Waals surface area contributed by atoms with E-state index in [9.17, 15) is 9.90 Å². The Labute approximate surface area is 132 Å². The zero-order chi connectivity index (χ0) is 15.6. The molecule has 1 saturated carbocycles. The van der Waals surface area contributed by atoms with Crippen molar-refractivity contribution in [3.63, 3.8) is 0 Å². The minimum atomic E-state index is -0.341. The quantitative estimate of drug-likeness (QED) is 0.666. The highest BCUT2D eigenvalue weighted by Gasteiger charge is 2.43. The van der Waals surface area contributed by atoms with Crippen LogP contribution in [0.15, 0.2) is 42.0 Å². The predicted molar refractivity (Wildman–Crippen MR) is 85.5 cm³/mol. The number of hydrogen-bond acceptors (Lipinski definition) is 3. The summed E-state index contributed by atoms with van der Waals surface area (Å²) in [5.41, 5.74) is 1.76. The molecule has 3 atom stereocenters. The first-order valence-electron chi connectivity index (χ1n) is 8.25. The normalized spacial score (nSPS) is 31.6. The van der Waals surface area contributed by atoms with Crippen molar-refractivity contribution in [2.24, 2.45) is 5.41 Å². The third kappa shape index (κ3) is 2.95. The van der Waals surface area contributed by atoms with Crippen LogP contribution in [0.1, 0.15) is 55.8 Å². The molecule has 118 valence electrons. The van der Waals surface area contributed by atoms with Crippen molar-refractivity contribution in [1.29, 1.82) is 0 Å². The SMILES string of the molecule is C[C@]12CC[C@H](O)C=C1CCCC[C@@H]2OC(=O)c1ccccc1. The summed E-state index contributed by atoms with van der Waals surface area (Å²) < 4.78 is 5.90. The third-order valence-corrected chi connectivity index (χ3v) is 5.22. The van der Waals surface area contributed by atoms with Gasteiger partial charge < -0.3 is 9.84 Å². The lowest BCUT2D eigenvalue weighted by Crippen LogP contribution is -2.40. The van der Waals surface area contributed by atoms with Gasteiger partial charge in [-0.25, -0.2) is 4.79 Å². The molecule has 0 bridgehead atoms. The second-order valence-electron chi connectivity index (χ2n) is 6.72. The Morgan fingerprint density at radius 3 is 2.77 bits per heavy atom. The second-order valence-corrected chi connectivity index (χ2v) is 6.72. The molecule has 0 spiro atoms. The standard InChI is InChI=1S/C19H24O3/c1-19-12-11-16(20)13-15(19)9-5-6-10-17(19)22-18(21)14-7-3-2-4-8-14/h2-4,7-8,13,16-17,20H,5-6,9-12H2,1H3/t16-,17-,19-/m0/s1. The molecule has 1 aromatic rings. The van der Waals surface area contributed by atoms with Crippen LogP contribution in [-0.2, 0) is 4.74 Å². The number of rotatable bonds is 2. The molecule has 3 nitrogen and oxygen atoms in total. The van der Waals surface area contributed by atoms with E-state index in [4.69, 9.17) is 4.74 Å². The molecule has 0 unspecified atom stereocenters. The maximum Gasteiger partial charge on any atom is 0.338 e. The third-order valence-electron chi connectivity index (χ3n) is 5.22. The molecule has 0 radical (unpaired) electrons. The largest absolute Gasteiger partial charge is 0.458 e. The second kappa shape index (κ2) is 6.25. The van der Waals surface area contributed by atoms with Gasteiger partial charge in [0.25, 0.3) is 0 Å². The molecule has 3 heteroatoms. The summed E-state index contributed by atoms with van der Waals surface area (Å²) >= 11 is 0. The van der Waals surface area contributed by atoms with Crippen LogP contribution in [0.4, 0.5) is 0 Å². The maximum absolute atomic E-state index is 12.4. The van der Waals surface area contributed by atoms with E-state index in [1.54, 1.807) is 12.1 Å². The molecule has 0 amide bonds. The molecule has 2 aliphatic rings. The molecule has 0 heterocycles. The average molecular weight is 300 g/mol. The number of aliphatic hydroxyl groups is 1. The topological polar surface area (TPSA) is 46.5 Å². The van der Waals surface area contributed by atoms with Crippen LogP contribution in [0.25, 0.3) is 0 Å². The molecular weight excluding hydrogens is 276 g/mol. The maximum atomic E-state index is 12.4. The number of esters is 1. The van der Waals surface area contributed by atoms with Gasteiger partial charge in [-0.15, -0.1) is 0 Å². The minimum Gasteiger partial charge on any atom is -0.458 e. The van der Waals surface area contributed by atoms with Gasteiger partial charge in [-0.1, -0.05) is 36.8 Å². The molecule has 0 saturated heterocycles. The number of carbonyl (C=O) groups is 1. The molecule has 1 fully saturated rings. The van der Waals surface area contributed by atoms with Gasteiger partial charge >= 0.3 is 5.97 Å². The van der Waals surface area contributed by atoms with Crippen LogP contribution in [0.2, 0.25) is 0 Å². The summed E-state index contributed by atoms with van der Waals surface area (Å²) in [5, 5.41) is 9.92. The highest BCUT2D eigenvalue weighted by molar-refractivity contribution is 5.89. The number of carbonyl (C=O) groups excluding carboxylic acids is 1. The summed E-state index contributed by atoms with van der Waals surface area (Å²) in [6, 6.07) is 9.19. The van der Waals surface area contributed by atoms with Crippen molar-refractivity contribution in [2.75, 3.05) is 0 Å². The molecule has 1 N–H and O–H groups in total. The molecule has 22 heavy (non-hydrogen) atoms. The zero-order valence-electron chi connectivity index (χ0n) is 13.1. The lowest BCUT2D eigenvalue weighted by molar-refractivity contribution is -0.0126. The van der Waals surface area contributed by atoms with Gasteiger partial charge in [-0.2, -0.15) is 0 Å². The Bertz CT molecular complexity index is 563. The van der Waals surface area contributed by atoms with Crippen LogP contribution in [0.3, 0.4) is 0 Å². The molecule has 3 rings (SSSR count). The molecule has 1 aromatic carbocycles. The van der Waals surface area contributed by atoms with Gasteiger partial charge in [-0.05, 0) is 50.7 Å². The minimum absolute atomic E-state index is 0.0959. The number of fused-ring (bicyclic) bond motifs is 1. The van der Waals surface area contributed by atoms with E-state index < -0.39 is 0 Å². The van der Waals surface area contributed by atoms with Crippen molar-refractivity contribution < 1.29 is 14.6 Å². The van der Waals surface area contributed by atoms with Crippen LogP contribution in [-0.4, -0.2) is 23.3 Å². The van der Waals surface area contributed by atoms with E-state index in [0.29, 0.717) is 5.56 Å². The Hall–Kier alpha value is -1.61. The van der Waals surface area contributed by atoms with Crippen LogP contribution in [0, 0.1) is 5.41 Å². The van der Waals surface area contributed by atoms with Gasteiger partial charge in [0.1, 0.15) is 6.10 Å². The summed E-state index contributed by atoms with van der Waals surface area (Å²) in [5.74, 6) is -0.237. The number of aliphatic hydroxyl groups excluding tert-OH is 1. The van der Waals surface area contributed by atoms with Crippen LogP contribution < -0.4 is 0 Å². The summed E-state index contributed by atoms with van der Waals surface area (Å²) in [4.78, 5) is 12.4. The fourth-order valence-corrected chi connectivity index (χ4v) is 3.78. The van der Waals surface area contributed by atoms with Crippen molar-refractivity contribution in [3.8, 4) is 0 Å². The summed E-state index contributed by atoms with van der Waals surface area (Å²) in [7, 11) is 0.